The van der Waals surface area contributed by atoms with Crippen LogP contribution in [0.15, 0.2) is 0 Å². The van der Waals surface area contributed by atoms with Crippen LogP contribution in [0.5, 0.6) is 0 Å². The van der Waals surface area contributed by atoms with Crippen LogP contribution in [0.25, 0.3) is 0 Å². The molecule has 58 heavy (non-hydrogen) atoms. The molecule has 0 saturated heterocycles. The summed E-state index contributed by atoms with van der Waals surface area (Å²) in [5, 5.41) is 0. The van der Waals surface area contributed by atoms with E-state index < -0.39 is 7.26 Å². The molecule has 0 aliphatic carbocycles. The Morgan fingerprint density at radius 1 is 0.138 bits per heavy atom. The van der Waals surface area contributed by atoms with Crippen LogP contribution in [0.3, 0.4) is 0 Å². The van der Waals surface area contributed by atoms with Gasteiger partial charge in [0.05, 0.1) is 0 Å². The van der Waals surface area contributed by atoms with Gasteiger partial charge in [-0.2, -0.15) is 0 Å². The first-order valence-corrected chi connectivity index (χ1v) is 31.6. The third-order valence-electron chi connectivity index (χ3n) is 14.5. The molecular formula is C57H119P. The van der Waals surface area contributed by atoms with Crippen LogP contribution >= 0.6 is 7.26 Å². The van der Waals surface area contributed by atoms with Gasteiger partial charge in [-0.3, -0.25) is 0 Å². The summed E-state index contributed by atoms with van der Waals surface area (Å²) in [6.07, 6.45) is 80.0. The molecule has 0 spiro atoms. The average molecular weight is 836 g/mol. The monoisotopic (exact) mass is 835 g/mol. The van der Waals surface area contributed by atoms with Crippen LogP contribution in [0.4, 0.5) is 0 Å². The van der Waals surface area contributed by atoms with Crippen molar-refractivity contribution in [3.8, 4) is 0 Å². The second-order valence-electron chi connectivity index (χ2n) is 20.4. The van der Waals surface area contributed by atoms with E-state index in [1.807, 2.05) is 0 Å². The van der Waals surface area contributed by atoms with E-state index in [1.54, 1.807) is 76.0 Å². The first-order valence-electron chi connectivity index (χ1n) is 28.7. The van der Waals surface area contributed by atoms with E-state index in [1.165, 1.54) is 263 Å². The standard InChI is InChI=1S/C57H119P/c1-5-9-13-17-21-25-29-32-35-39-43-47-51-55-58(54-50-46-42-38-28-24-20-16-12-8-4,56-52-48-44-40-36-33-30-26-22-18-14-10-6-2)57-53-49-45-41-37-34-31-27-23-19-15-11-7-3/h58H,5-57H2,1-4H3. The molecule has 0 heterocycles. The Morgan fingerprint density at radius 3 is 0.362 bits per heavy atom. The van der Waals surface area contributed by atoms with Gasteiger partial charge in [0.2, 0.25) is 0 Å². The minimum atomic E-state index is -1.19. The molecular weight excluding hydrogens is 716 g/mol. The third kappa shape index (κ3) is 45.9. The van der Waals surface area contributed by atoms with Crippen molar-refractivity contribution in [2.24, 2.45) is 0 Å². The molecule has 0 N–H and O–H groups in total. The fourth-order valence-corrected chi connectivity index (χ4v) is 15.8. The fraction of sp³-hybridized carbons (Fsp3) is 1.00. The van der Waals surface area contributed by atoms with Crippen molar-refractivity contribution in [3.05, 3.63) is 0 Å². The fourth-order valence-electron chi connectivity index (χ4n) is 10.3. The predicted octanol–water partition coefficient (Wildman–Crippen LogP) is 21.9. The molecule has 0 radical (unpaired) electrons. The zero-order valence-electron chi connectivity index (χ0n) is 42.0. The molecule has 0 rings (SSSR count). The Kier molecular flexibility index (Phi) is 52.2. The van der Waals surface area contributed by atoms with Crippen molar-refractivity contribution >= 4 is 7.26 Å². The van der Waals surface area contributed by atoms with Gasteiger partial charge in [-0.1, -0.05) is 59.3 Å². The molecule has 0 aliphatic rings. The minimum Gasteiger partial charge on any atom is -0.0654 e. The Morgan fingerprint density at radius 2 is 0.241 bits per heavy atom. The zero-order chi connectivity index (χ0) is 42.0. The topological polar surface area (TPSA) is 0 Å². The van der Waals surface area contributed by atoms with Gasteiger partial charge in [0.25, 0.3) is 0 Å². The summed E-state index contributed by atoms with van der Waals surface area (Å²) in [5.41, 5.74) is 0. The maximum absolute atomic E-state index is 2.35. The van der Waals surface area contributed by atoms with Crippen molar-refractivity contribution in [2.75, 3.05) is 24.6 Å². The zero-order valence-corrected chi connectivity index (χ0v) is 43.0. The van der Waals surface area contributed by atoms with E-state index in [0.29, 0.717) is 0 Å². The van der Waals surface area contributed by atoms with Crippen molar-refractivity contribution in [3.63, 3.8) is 0 Å². The molecule has 0 nitrogen and oxygen atoms in total. The van der Waals surface area contributed by atoms with Crippen LogP contribution in [0.1, 0.15) is 342 Å². The van der Waals surface area contributed by atoms with Gasteiger partial charge in [0, 0.05) is 0 Å². The first kappa shape index (κ1) is 58.4. The summed E-state index contributed by atoms with van der Waals surface area (Å²) in [4.78, 5) is 0. The molecule has 1 heteroatoms. The van der Waals surface area contributed by atoms with E-state index in [2.05, 4.69) is 27.7 Å². The molecule has 0 atom stereocenters. The van der Waals surface area contributed by atoms with Gasteiger partial charge in [-0.25, -0.2) is 0 Å². The Labute approximate surface area is 372 Å². The Hall–Kier alpha value is 0.430. The summed E-state index contributed by atoms with van der Waals surface area (Å²) in [7, 11) is -1.19. The quantitative estimate of drug-likeness (QED) is 0.0423. The molecule has 0 aromatic heterocycles. The number of hydrogen-bond donors (Lipinski definition) is 0. The number of hydrogen-bond acceptors (Lipinski definition) is 0. The van der Waals surface area contributed by atoms with Crippen LogP contribution in [-0.2, 0) is 0 Å². The second kappa shape index (κ2) is 51.8. The van der Waals surface area contributed by atoms with E-state index in [9.17, 15) is 0 Å². The summed E-state index contributed by atoms with van der Waals surface area (Å²) in [6, 6.07) is 0. The summed E-state index contributed by atoms with van der Waals surface area (Å²) in [5.74, 6) is 0. The Bertz CT molecular complexity index is 625. The van der Waals surface area contributed by atoms with E-state index in [4.69, 9.17) is 0 Å². The maximum atomic E-state index is 2.35. The molecule has 0 amide bonds. The van der Waals surface area contributed by atoms with Crippen LogP contribution in [-0.4, -0.2) is 24.6 Å². The van der Waals surface area contributed by atoms with Crippen LogP contribution < -0.4 is 0 Å². The smallest absolute Gasteiger partial charge is 0.0654 e. The SMILES string of the molecule is CCCCCCCCCCCCCCC[PH](CCCCCCCCCCCC)(CCCCCCCCCCCCCCC)CCCCCCCCCCCCCCC. The van der Waals surface area contributed by atoms with Gasteiger partial charge in [0.15, 0.2) is 0 Å². The summed E-state index contributed by atoms with van der Waals surface area (Å²) in [6.45, 7) is 9.35. The van der Waals surface area contributed by atoms with Crippen molar-refractivity contribution in [1.82, 2.24) is 0 Å². The first-order chi connectivity index (χ1) is 28.7. The summed E-state index contributed by atoms with van der Waals surface area (Å²) < 4.78 is 0. The minimum absolute atomic E-state index is 1.19. The van der Waals surface area contributed by atoms with Crippen LogP contribution in [0.2, 0.25) is 0 Å². The molecule has 0 aromatic rings. The molecule has 0 bridgehead atoms. The molecule has 0 fully saturated rings. The van der Waals surface area contributed by atoms with Gasteiger partial charge in [-0.15, -0.1) is 0 Å². The third-order valence-corrected chi connectivity index (χ3v) is 20.1. The molecule has 0 aliphatic heterocycles. The van der Waals surface area contributed by atoms with Crippen molar-refractivity contribution < 1.29 is 0 Å². The Balaban J connectivity index is 4.89. The van der Waals surface area contributed by atoms with E-state index in [0.717, 1.165) is 0 Å². The van der Waals surface area contributed by atoms with Crippen LogP contribution in [0, 0.1) is 0 Å². The molecule has 0 aromatic carbocycles. The van der Waals surface area contributed by atoms with E-state index in [-0.39, 0.29) is 0 Å². The van der Waals surface area contributed by atoms with E-state index >= 15 is 0 Å². The summed E-state index contributed by atoms with van der Waals surface area (Å²) >= 11 is 0. The van der Waals surface area contributed by atoms with Gasteiger partial charge in [0.1, 0.15) is 0 Å². The molecule has 0 unspecified atom stereocenters. The van der Waals surface area contributed by atoms with Gasteiger partial charge in [-0.05, 0) is 0 Å². The normalized spacial score (nSPS) is 12.3. The van der Waals surface area contributed by atoms with Gasteiger partial charge >= 0.3 is 315 Å². The number of rotatable bonds is 53. The predicted molar refractivity (Wildman–Crippen MR) is 277 cm³/mol. The van der Waals surface area contributed by atoms with Crippen molar-refractivity contribution in [1.29, 1.82) is 0 Å². The number of unbranched alkanes of at least 4 members (excludes halogenated alkanes) is 45. The molecule has 0 saturated carbocycles. The molecule has 352 valence electrons. The second-order valence-corrected chi connectivity index (χ2v) is 25.4. The van der Waals surface area contributed by atoms with Crippen molar-refractivity contribution in [2.45, 2.75) is 342 Å². The van der Waals surface area contributed by atoms with Gasteiger partial charge < -0.3 is 0 Å². The average Bonchev–Trinajstić information content (AvgIpc) is 3.23.